The van der Waals surface area contributed by atoms with Gasteiger partial charge in [0.25, 0.3) is 0 Å². The Hall–Kier alpha value is -1.73. The zero-order chi connectivity index (χ0) is 36.0. The van der Waals surface area contributed by atoms with Crippen molar-refractivity contribution in [3.63, 3.8) is 0 Å². The minimum atomic E-state index is -0.971. The van der Waals surface area contributed by atoms with E-state index in [4.69, 9.17) is 15.2 Å². The molecule has 0 aromatic heterocycles. The Bertz CT molecular complexity index is 1340. The van der Waals surface area contributed by atoms with Crippen molar-refractivity contribution in [3.8, 4) is 0 Å². The number of rotatable bonds is 7. The van der Waals surface area contributed by atoms with Gasteiger partial charge in [0.05, 0.1) is 17.9 Å². The third kappa shape index (κ3) is 5.83. The molecule has 0 aromatic carbocycles. The van der Waals surface area contributed by atoms with E-state index >= 15 is 0 Å². The largest absolute Gasteiger partial charge is 0.462 e. The maximum Gasteiger partial charge on any atom is 0.312 e. The summed E-state index contributed by atoms with van der Waals surface area (Å²) in [5.74, 6) is 1.10. The van der Waals surface area contributed by atoms with Crippen LogP contribution in [0.3, 0.4) is 0 Å². The molecule has 0 heterocycles. The second-order valence-electron chi connectivity index (χ2n) is 19.9. The van der Waals surface area contributed by atoms with Crippen LogP contribution in [0, 0.1) is 62.6 Å². The highest BCUT2D eigenvalue weighted by atomic mass is 16.6. The number of Topliss-reactive ketones (excluding diaryl/α,β-unsaturated/α-hetero) is 1. The van der Waals surface area contributed by atoms with Gasteiger partial charge in [0.15, 0.2) is 5.78 Å². The number of ether oxygens (including phenoxy) is 2. The summed E-state index contributed by atoms with van der Waals surface area (Å²) in [6.07, 6.45) is 6.75. The van der Waals surface area contributed by atoms with Crippen molar-refractivity contribution in [1.82, 2.24) is 0 Å². The van der Waals surface area contributed by atoms with Crippen LogP contribution in [0.4, 0.5) is 0 Å². The second kappa shape index (κ2) is 12.2. The third-order valence-corrected chi connectivity index (χ3v) is 14.9. The Kier molecular flexibility index (Phi) is 9.54. The summed E-state index contributed by atoms with van der Waals surface area (Å²) in [6.45, 7) is 25.7. The number of ketones is 1. The van der Waals surface area contributed by atoms with Crippen LogP contribution in [-0.4, -0.2) is 47.2 Å². The summed E-state index contributed by atoms with van der Waals surface area (Å²) in [5, 5.41) is 11.4. The van der Waals surface area contributed by atoms with E-state index in [0.717, 1.165) is 50.5 Å². The Balaban J connectivity index is 1.41. The molecule has 3 N–H and O–H groups in total. The molecule has 5 aliphatic carbocycles. The van der Waals surface area contributed by atoms with Crippen LogP contribution in [0.2, 0.25) is 0 Å². The van der Waals surface area contributed by atoms with Crippen molar-refractivity contribution >= 4 is 17.7 Å². The number of allylic oxidation sites excluding steroid dienone is 2. The Morgan fingerprint density at radius 3 is 2.17 bits per heavy atom. The van der Waals surface area contributed by atoms with Gasteiger partial charge in [-0.1, -0.05) is 54.0 Å². The van der Waals surface area contributed by atoms with Crippen LogP contribution in [-0.2, 0) is 23.9 Å². The van der Waals surface area contributed by atoms with Crippen molar-refractivity contribution in [1.29, 1.82) is 0 Å². The highest BCUT2D eigenvalue weighted by Crippen LogP contribution is 2.76. The lowest BCUT2D eigenvalue weighted by Gasteiger charge is -2.72. The maximum absolute atomic E-state index is 13.5. The minimum absolute atomic E-state index is 0.00377. The topological polar surface area (TPSA) is 116 Å². The number of fused-ring (bicyclic) bond motifs is 7. The lowest BCUT2D eigenvalue weighted by atomic mass is 9.33. The first-order chi connectivity index (χ1) is 21.9. The normalized spacial score (nSPS) is 40.0. The molecule has 5 aliphatic rings. The zero-order valence-corrected chi connectivity index (χ0v) is 32.3. The number of carbonyl (C=O) groups is 3. The minimum Gasteiger partial charge on any atom is -0.462 e. The molecule has 0 spiro atoms. The van der Waals surface area contributed by atoms with E-state index in [1.54, 1.807) is 13.8 Å². The monoisotopic (exact) mass is 669 g/mol. The highest BCUT2D eigenvalue weighted by Gasteiger charge is 2.70. The van der Waals surface area contributed by atoms with Crippen LogP contribution >= 0.6 is 0 Å². The molecule has 0 aromatic rings. The van der Waals surface area contributed by atoms with E-state index in [-0.39, 0.29) is 76.2 Å². The molecule has 4 saturated carbocycles. The van der Waals surface area contributed by atoms with Gasteiger partial charge in [-0.25, -0.2) is 0 Å². The summed E-state index contributed by atoms with van der Waals surface area (Å²) in [7, 11) is 0. The first-order valence-corrected chi connectivity index (χ1v) is 19.0. The maximum atomic E-state index is 13.5. The number of esters is 2. The SMILES string of the molecule is CC(C)C1=C2C(CC1=O)C([C@@H](O)CN)C[C@]1(C)[C@@H]2CC[C@@H]2[C@@]3(C)CC[C@H](OC(=O)CC(C)(C)C(=O)OC(C)(C)C)C(C)(C)[C@@H]3CC[C@]21C. The molecule has 48 heavy (non-hydrogen) atoms. The quantitative estimate of drug-likeness (QED) is 0.266. The van der Waals surface area contributed by atoms with E-state index < -0.39 is 17.1 Å². The van der Waals surface area contributed by atoms with Crippen LogP contribution in [0.1, 0.15) is 141 Å². The molecule has 10 atom stereocenters. The molecule has 2 unspecified atom stereocenters. The van der Waals surface area contributed by atoms with Gasteiger partial charge in [-0.15, -0.1) is 0 Å². The summed E-state index contributed by atoms with van der Waals surface area (Å²) in [6, 6.07) is 0. The highest BCUT2D eigenvalue weighted by molar-refractivity contribution is 6.00. The number of carbonyl (C=O) groups excluding carboxylic acids is 3. The second-order valence-corrected chi connectivity index (χ2v) is 19.9. The Morgan fingerprint density at radius 1 is 0.938 bits per heavy atom. The molecule has 272 valence electrons. The molecule has 7 nitrogen and oxygen atoms in total. The van der Waals surface area contributed by atoms with Crippen molar-refractivity contribution in [2.45, 2.75) is 159 Å². The first-order valence-electron chi connectivity index (χ1n) is 19.0. The van der Waals surface area contributed by atoms with Crippen molar-refractivity contribution in [2.75, 3.05) is 6.54 Å². The molecule has 7 heteroatoms. The van der Waals surface area contributed by atoms with E-state index in [1.807, 2.05) is 20.8 Å². The molecule has 0 aliphatic heterocycles. The molecule has 4 fully saturated rings. The smallest absolute Gasteiger partial charge is 0.312 e. The van der Waals surface area contributed by atoms with Gasteiger partial charge in [0.2, 0.25) is 0 Å². The van der Waals surface area contributed by atoms with Gasteiger partial charge >= 0.3 is 11.9 Å². The van der Waals surface area contributed by atoms with Crippen LogP contribution < -0.4 is 5.73 Å². The van der Waals surface area contributed by atoms with Crippen LogP contribution in [0.15, 0.2) is 11.1 Å². The van der Waals surface area contributed by atoms with Gasteiger partial charge in [0.1, 0.15) is 11.7 Å². The summed E-state index contributed by atoms with van der Waals surface area (Å²) in [4.78, 5) is 39.8. The van der Waals surface area contributed by atoms with Crippen LogP contribution in [0.5, 0.6) is 0 Å². The van der Waals surface area contributed by atoms with Crippen molar-refractivity contribution < 1.29 is 29.0 Å². The number of aliphatic hydroxyl groups excluding tert-OH is 1. The molecular weight excluding hydrogens is 602 g/mol. The number of hydrogen-bond acceptors (Lipinski definition) is 7. The van der Waals surface area contributed by atoms with Gasteiger partial charge < -0.3 is 20.3 Å². The van der Waals surface area contributed by atoms with Crippen LogP contribution in [0.25, 0.3) is 0 Å². The molecular formula is C41H67NO6. The number of nitrogens with two attached hydrogens (primary N) is 1. The summed E-state index contributed by atoms with van der Waals surface area (Å²) in [5.41, 5.74) is 6.80. The van der Waals surface area contributed by atoms with Gasteiger partial charge in [-0.05, 0) is 137 Å². The fourth-order valence-electron chi connectivity index (χ4n) is 12.5. The summed E-state index contributed by atoms with van der Waals surface area (Å²) >= 11 is 0. The summed E-state index contributed by atoms with van der Waals surface area (Å²) < 4.78 is 11.9. The predicted octanol–water partition coefficient (Wildman–Crippen LogP) is 7.81. The fourth-order valence-corrected chi connectivity index (χ4v) is 12.5. The molecule has 0 amide bonds. The zero-order valence-electron chi connectivity index (χ0n) is 32.3. The third-order valence-electron chi connectivity index (χ3n) is 14.9. The molecule has 0 radical (unpaired) electrons. The average molecular weight is 670 g/mol. The standard InChI is InChI=1S/C41H67NO6/c1-23(2)33-27(43)19-24-25(28(44)22-42)20-41(12)26(34(24)33)13-14-30-39(10)17-16-31(38(8,9)29(39)15-18-40(30,41)11)47-32(45)21-37(6,7)35(46)48-36(3,4)5/h23-26,28-31,44H,13-22,42H2,1-12H3/t24?,25?,26-,28+,29+,30-,31+,39+,40-,41-/m1/s1. The molecule has 0 bridgehead atoms. The van der Waals surface area contributed by atoms with Crippen molar-refractivity contribution in [3.05, 3.63) is 11.1 Å². The molecule has 5 rings (SSSR count). The lowest BCUT2D eigenvalue weighted by molar-refractivity contribution is -0.236. The average Bonchev–Trinajstić information content (AvgIpc) is 3.29. The van der Waals surface area contributed by atoms with E-state index in [9.17, 15) is 19.5 Å². The fraction of sp³-hybridized carbons (Fsp3) is 0.878. The van der Waals surface area contributed by atoms with Gasteiger partial charge in [0, 0.05) is 18.4 Å². The number of hydrogen-bond donors (Lipinski definition) is 2. The van der Waals surface area contributed by atoms with Gasteiger partial charge in [-0.2, -0.15) is 0 Å². The van der Waals surface area contributed by atoms with E-state index in [0.29, 0.717) is 24.2 Å². The predicted molar refractivity (Wildman–Crippen MR) is 189 cm³/mol. The number of aliphatic hydroxyl groups is 1. The Labute approximate surface area is 290 Å². The van der Waals surface area contributed by atoms with Crippen molar-refractivity contribution in [2.24, 2.45) is 68.3 Å². The van der Waals surface area contributed by atoms with Gasteiger partial charge in [-0.3, -0.25) is 14.4 Å². The lowest BCUT2D eigenvalue weighted by Crippen LogP contribution is -2.66. The Morgan fingerprint density at radius 2 is 1.58 bits per heavy atom. The van der Waals surface area contributed by atoms with E-state index in [2.05, 4.69) is 48.5 Å². The van der Waals surface area contributed by atoms with E-state index in [1.165, 1.54) is 5.57 Å². The first kappa shape index (κ1) is 37.5. The molecule has 0 saturated heterocycles.